The Morgan fingerprint density at radius 2 is 2.18 bits per heavy atom. The van der Waals surface area contributed by atoms with E-state index in [1.165, 1.54) is 0 Å². The first kappa shape index (κ1) is 14.0. The number of aliphatic carboxylic acids is 1. The van der Waals surface area contributed by atoms with Gasteiger partial charge in [-0.05, 0) is 31.0 Å². The van der Waals surface area contributed by atoms with Crippen molar-refractivity contribution in [3.8, 4) is 0 Å². The lowest BCUT2D eigenvalue weighted by atomic mass is 10.1. The molecule has 3 nitrogen and oxygen atoms in total. The van der Waals surface area contributed by atoms with Crippen molar-refractivity contribution in [2.45, 2.75) is 32.7 Å². The molecule has 0 fully saturated rings. The molecule has 0 amide bonds. The fourth-order valence-electron chi connectivity index (χ4n) is 1.89. The van der Waals surface area contributed by atoms with E-state index >= 15 is 0 Å². The van der Waals surface area contributed by atoms with Crippen LogP contribution in [0.5, 0.6) is 0 Å². The molecule has 0 aliphatic rings. The Labute approximate surface area is 111 Å². The van der Waals surface area contributed by atoms with Gasteiger partial charge in [0.25, 0.3) is 0 Å². The number of carboxylic acid groups (broad SMARTS) is 1. The van der Waals surface area contributed by atoms with Crippen LogP contribution in [0, 0.1) is 0 Å². The average molecular weight is 300 g/mol. The van der Waals surface area contributed by atoms with E-state index in [0.29, 0.717) is 6.42 Å². The number of hydrogen-bond acceptors (Lipinski definition) is 2. The SMILES string of the molecule is CCCN(c1cccc(Br)c1)C(CC)C(=O)O. The largest absolute Gasteiger partial charge is 0.480 e. The second-order valence-corrected chi connectivity index (χ2v) is 4.85. The fraction of sp³-hybridized carbons (Fsp3) is 0.462. The van der Waals surface area contributed by atoms with E-state index in [1.54, 1.807) is 0 Å². The summed E-state index contributed by atoms with van der Waals surface area (Å²) in [6, 6.07) is 7.32. The molecule has 1 N–H and O–H groups in total. The van der Waals surface area contributed by atoms with E-state index in [2.05, 4.69) is 22.9 Å². The summed E-state index contributed by atoms with van der Waals surface area (Å²) in [4.78, 5) is 13.2. The Morgan fingerprint density at radius 1 is 1.47 bits per heavy atom. The Balaban J connectivity index is 3.03. The Bertz CT molecular complexity index is 381. The molecule has 17 heavy (non-hydrogen) atoms. The summed E-state index contributed by atoms with van der Waals surface area (Å²) >= 11 is 3.42. The van der Waals surface area contributed by atoms with Crippen molar-refractivity contribution in [1.82, 2.24) is 0 Å². The lowest BCUT2D eigenvalue weighted by molar-refractivity contribution is -0.138. The molecule has 0 radical (unpaired) electrons. The van der Waals surface area contributed by atoms with Gasteiger partial charge in [0.05, 0.1) is 0 Å². The topological polar surface area (TPSA) is 40.5 Å². The van der Waals surface area contributed by atoms with Crippen molar-refractivity contribution in [3.05, 3.63) is 28.7 Å². The van der Waals surface area contributed by atoms with Gasteiger partial charge in [-0.3, -0.25) is 0 Å². The van der Waals surface area contributed by atoms with E-state index in [4.69, 9.17) is 0 Å². The molecular weight excluding hydrogens is 282 g/mol. The molecule has 1 unspecified atom stereocenters. The number of benzene rings is 1. The van der Waals surface area contributed by atoms with Crippen LogP contribution in [0.4, 0.5) is 5.69 Å². The molecular formula is C13H18BrNO2. The molecule has 1 aromatic carbocycles. The molecule has 0 heterocycles. The summed E-state index contributed by atoms with van der Waals surface area (Å²) in [5.41, 5.74) is 0.954. The van der Waals surface area contributed by atoms with Crippen LogP contribution in [-0.4, -0.2) is 23.7 Å². The first-order valence-corrected chi connectivity index (χ1v) is 6.64. The van der Waals surface area contributed by atoms with Gasteiger partial charge in [-0.15, -0.1) is 0 Å². The number of nitrogens with zero attached hydrogens (tertiary/aromatic N) is 1. The van der Waals surface area contributed by atoms with Gasteiger partial charge in [-0.2, -0.15) is 0 Å². The number of hydrogen-bond donors (Lipinski definition) is 1. The van der Waals surface area contributed by atoms with E-state index in [0.717, 1.165) is 23.1 Å². The maximum atomic E-state index is 11.3. The second-order valence-electron chi connectivity index (χ2n) is 3.94. The number of halogens is 1. The molecule has 0 spiro atoms. The second kappa shape index (κ2) is 6.64. The Kier molecular flexibility index (Phi) is 5.48. The highest BCUT2D eigenvalue weighted by atomic mass is 79.9. The van der Waals surface area contributed by atoms with Crippen LogP contribution in [-0.2, 0) is 4.79 Å². The molecule has 1 aromatic rings. The maximum absolute atomic E-state index is 11.3. The summed E-state index contributed by atoms with van der Waals surface area (Å²) in [6.07, 6.45) is 1.53. The normalized spacial score (nSPS) is 12.2. The molecule has 0 aliphatic carbocycles. The minimum absolute atomic E-state index is 0.454. The van der Waals surface area contributed by atoms with Gasteiger partial charge in [-0.1, -0.05) is 35.8 Å². The lowest BCUT2D eigenvalue weighted by Crippen LogP contribution is -2.41. The summed E-state index contributed by atoms with van der Waals surface area (Å²) in [6.45, 7) is 4.71. The van der Waals surface area contributed by atoms with Gasteiger partial charge in [-0.25, -0.2) is 4.79 Å². The van der Waals surface area contributed by atoms with Crippen molar-refractivity contribution in [2.24, 2.45) is 0 Å². The molecule has 0 saturated heterocycles. The lowest BCUT2D eigenvalue weighted by Gasteiger charge is -2.30. The number of carbonyl (C=O) groups is 1. The van der Waals surface area contributed by atoms with Crippen LogP contribution >= 0.6 is 15.9 Å². The van der Waals surface area contributed by atoms with Gasteiger partial charge < -0.3 is 10.0 Å². The number of carboxylic acids is 1. The average Bonchev–Trinajstić information content (AvgIpc) is 2.28. The zero-order valence-electron chi connectivity index (χ0n) is 10.2. The van der Waals surface area contributed by atoms with Crippen LogP contribution in [0.15, 0.2) is 28.7 Å². The summed E-state index contributed by atoms with van der Waals surface area (Å²) in [7, 11) is 0. The molecule has 94 valence electrons. The minimum Gasteiger partial charge on any atom is -0.480 e. The minimum atomic E-state index is -0.763. The molecule has 0 aromatic heterocycles. The number of anilines is 1. The predicted molar refractivity (Wildman–Crippen MR) is 73.5 cm³/mol. The first-order chi connectivity index (χ1) is 8.10. The van der Waals surface area contributed by atoms with Crippen LogP contribution in [0.1, 0.15) is 26.7 Å². The Hall–Kier alpha value is -1.03. The van der Waals surface area contributed by atoms with Crippen molar-refractivity contribution in [2.75, 3.05) is 11.4 Å². The first-order valence-electron chi connectivity index (χ1n) is 5.85. The highest BCUT2D eigenvalue weighted by molar-refractivity contribution is 9.10. The molecule has 1 rings (SSSR count). The predicted octanol–water partition coefficient (Wildman–Crippen LogP) is 3.53. The highest BCUT2D eigenvalue weighted by Crippen LogP contribution is 2.23. The van der Waals surface area contributed by atoms with Crippen molar-refractivity contribution < 1.29 is 9.90 Å². The Morgan fingerprint density at radius 3 is 2.65 bits per heavy atom. The van der Waals surface area contributed by atoms with Crippen LogP contribution in [0.2, 0.25) is 0 Å². The summed E-state index contributed by atoms with van der Waals surface area (Å²) in [5, 5.41) is 9.25. The highest BCUT2D eigenvalue weighted by Gasteiger charge is 2.23. The third-order valence-electron chi connectivity index (χ3n) is 2.65. The van der Waals surface area contributed by atoms with Gasteiger partial charge in [0, 0.05) is 16.7 Å². The van der Waals surface area contributed by atoms with Crippen LogP contribution < -0.4 is 4.90 Å². The monoisotopic (exact) mass is 299 g/mol. The fourth-order valence-corrected chi connectivity index (χ4v) is 2.28. The molecule has 4 heteroatoms. The standard InChI is InChI=1S/C13H18BrNO2/c1-3-8-15(12(4-2)13(16)17)11-7-5-6-10(14)9-11/h5-7,9,12H,3-4,8H2,1-2H3,(H,16,17). The van der Waals surface area contributed by atoms with E-state index < -0.39 is 12.0 Å². The van der Waals surface area contributed by atoms with Gasteiger partial charge >= 0.3 is 5.97 Å². The van der Waals surface area contributed by atoms with Gasteiger partial charge in [0.2, 0.25) is 0 Å². The molecule has 0 aliphatic heterocycles. The molecule has 1 atom stereocenters. The van der Waals surface area contributed by atoms with Crippen LogP contribution in [0.3, 0.4) is 0 Å². The molecule has 0 bridgehead atoms. The molecule has 0 saturated carbocycles. The van der Waals surface area contributed by atoms with Crippen molar-refractivity contribution >= 4 is 27.6 Å². The smallest absolute Gasteiger partial charge is 0.326 e. The van der Waals surface area contributed by atoms with Gasteiger partial charge in [0.15, 0.2) is 0 Å². The summed E-state index contributed by atoms with van der Waals surface area (Å²) < 4.78 is 0.969. The van der Waals surface area contributed by atoms with Crippen LogP contribution in [0.25, 0.3) is 0 Å². The third kappa shape index (κ3) is 3.73. The van der Waals surface area contributed by atoms with Crippen molar-refractivity contribution in [3.63, 3.8) is 0 Å². The number of rotatable bonds is 6. The zero-order chi connectivity index (χ0) is 12.8. The maximum Gasteiger partial charge on any atom is 0.326 e. The van der Waals surface area contributed by atoms with Gasteiger partial charge in [0.1, 0.15) is 6.04 Å². The quantitative estimate of drug-likeness (QED) is 0.873. The summed E-state index contributed by atoms with van der Waals surface area (Å²) in [5.74, 6) is -0.763. The van der Waals surface area contributed by atoms with E-state index in [-0.39, 0.29) is 0 Å². The van der Waals surface area contributed by atoms with Crippen molar-refractivity contribution in [1.29, 1.82) is 0 Å². The van der Waals surface area contributed by atoms with E-state index in [1.807, 2.05) is 36.1 Å². The zero-order valence-corrected chi connectivity index (χ0v) is 11.8. The third-order valence-corrected chi connectivity index (χ3v) is 3.15. The van der Waals surface area contributed by atoms with E-state index in [9.17, 15) is 9.90 Å².